The molecule has 0 unspecified atom stereocenters. The summed E-state index contributed by atoms with van der Waals surface area (Å²) in [5.74, 6) is 1.22. The Labute approximate surface area is 93.1 Å². The summed E-state index contributed by atoms with van der Waals surface area (Å²) in [5, 5.41) is 14.0. The Morgan fingerprint density at radius 2 is 2.19 bits per heavy atom. The molecule has 0 spiro atoms. The molecule has 5 nitrogen and oxygen atoms in total. The summed E-state index contributed by atoms with van der Waals surface area (Å²) in [5.41, 5.74) is 6.84. The van der Waals surface area contributed by atoms with Crippen LogP contribution in [0.4, 0.5) is 5.82 Å². The number of nitrogen functional groups attached to an aromatic ring is 1. The second-order valence-corrected chi connectivity index (χ2v) is 3.43. The minimum atomic E-state index is 0.123. The van der Waals surface area contributed by atoms with Gasteiger partial charge in [-0.25, -0.2) is 0 Å². The molecule has 0 bridgehead atoms. The summed E-state index contributed by atoms with van der Waals surface area (Å²) >= 11 is 0. The molecular weight excluding hydrogens is 206 g/mol. The third-order valence-corrected chi connectivity index (χ3v) is 2.40. The molecule has 16 heavy (non-hydrogen) atoms. The maximum atomic E-state index is 9.81. The number of nitrogens with two attached hydrogens (primary N) is 1. The minimum Gasteiger partial charge on any atom is -0.507 e. The van der Waals surface area contributed by atoms with E-state index in [-0.39, 0.29) is 5.75 Å². The number of nitrogens with zero attached hydrogens (tertiary/aromatic N) is 2. The Bertz CT molecular complexity index is 500. The second-order valence-electron chi connectivity index (χ2n) is 3.43. The molecule has 0 fully saturated rings. The number of benzene rings is 1. The van der Waals surface area contributed by atoms with E-state index >= 15 is 0 Å². The summed E-state index contributed by atoms with van der Waals surface area (Å²) < 4.78 is 6.72. The van der Waals surface area contributed by atoms with Crippen molar-refractivity contribution in [3.05, 3.63) is 24.3 Å². The van der Waals surface area contributed by atoms with Gasteiger partial charge in [0.1, 0.15) is 23.0 Å². The first kappa shape index (κ1) is 10.4. The van der Waals surface area contributed by atoms with Crippen molar-refractivity contribution in [1.29, 1.82) is 0 Å². The largest absolute Gasteiger partial charge is 0.507 e. The first-order chi connectivity index (χ1) is 7.63. The third-order valence-electron chi connectivity index (χ3n) is 2.40. The summed E-state index contributed by atoms with van der Waals surface area (Å²) in [4.78, 5) is 0. The summed E-state index contributed by atoms with van der Waals surface area (Å²) in [6.45, 7) is 0. The molecule has 0 aliphatic heterocycles. The highest BCUT2D eigenvalue weighted by molar-refractivity contribution is 5.75. The van der Waals surface area contributed by atoms with Gasteiger partial charge in [0, 0.05) is 13.1 Å². The number of hydrogen-bond acceptors (Lipinski definition) is 4. The number of anilines is 1. The van der Waals surface area contributed by atoms with Crippen LogP contribution in [-0.4, -0.2) is 22.0 Å². The van der Waals surface area contributed by atoms with Crippen LogP contribution in [0.3, 0.4) is 0 Å². The quantitative estimate of drug-likeness (QED) is 0.800. The van der Waals surface area contributed by atoms with E-state index in [1.165, 1.54) is 0 Å². The van der Waals surface area contributed by atoms with Gasteiger partial charge in [-0.05, 0) is 12.1 Å². The summed E-state index contributed by atoms with van der Waals surface area (Å²) in [7, 11) is 3.29. The van der Waals surface area contributed by atoms with Crippen LogP contribution < -0.4 is 10.5 Å². The van der Waals surface area contributed by atoms with Crippen molar-refractivity contribution in [2.24, 2.45) is 7.05 Å². The summed E-state index contributed by atoms with van der Waals surface area (Å²) in [6, 6.07) is 6.75. The fourth-order valence-corrected chi connectivity index (χ4v) is 1.55. The maximum absolute atomic E-state index is 9.81. The number of methoxy groups -OCH3 is 1. The van der Waals surface area contributed by atoms with Crippen LogP contribution in [0.15, 0.2) is 24.3 Å². The van der Waals surface area contributed by atoms with Crippen molar-refractivity contribution in [2.75, 3.05) is 12.8 Å². The summed E-state index contributed by atoms with van der Waals surface area (Å²) in [6.07, 6.45) is 0. The zero-order valence-electron chi connectivity index (χ0n) is 9.14. The number of rotatable bonds is 2. The Kier molecular flexibility index (Phi) is 2.44. The number of phenols is 1. The lowest BCUT2D eigenvalue weighted by atomic mass is 10.1. The monoisotopic (exact) mass is 219 g/mol. The van der Waals surface area contributed by atoms with Gasteiger partial charge >= 0.3 is 0 Å². The average Bonchev–Trinajstić information content (AvgIpc) is 2.58. The number of aryl methyl sites for hydroxylation is 1. The number of aromatic hydroxyl groups is 1. The molecule has 0 aliphatic carbocycles. The first-order valence-electron chi connectivity index (χ1n) is 4.79. The van der Waals surface area contributed by atoms with E-state index in [0.717, 1.165) is 0 Å². The van der Waals surface area contributed by atoms with Crippen molar-refractivity contribution >= 4 is 5.82 Å². The van der Waals surface area contributed by atoms with E-state index in [1.54, 1.807) is 43.1 Å². The zero-order valence-corrected chi connectivity index (χ0v) is 9.14. The molecule has 0 aliphatic rings. The van der Waals surface area contributed by atoms with Crippen LogP contribution in [0.5, 0.6) is 11.5 Å². The van der Waals surface area contributed by atoms with E-state index in [2.05, 4.69) is 5.10 Å². The van der Waals surface area contributed by atoms with Gasteiger partial charge in [-0.2, -0.15) is 5.10 Å². The fraction of sp³-hybridized carbons (Fsp3) is 0.182. The highest BCUT2D eigenvalue weighted by atomic mass is 16.5. The molecule has 0 saturated carbocycles. The average molecular weight is 219 g/mol. The molecule has 2 aromatic rings. The van der Waals surface area contributed by atoms with E-state index in [9.17, 15) is 5.11 Å². The van der Waals surface area contributed by atoms with Gasteiger partial charge in [0.25, 0.3) is 0 Å². The first-order valence-corrected chi connectivity index (χ1v) is 4.79. The predicted molar refractivity (Wildman–Crippen MR) is 61.3 cm³/mol. The molecule has 0 radical (unpaired) electrons. The van der Waals surface area contributed by atoms with Gasteiger partial charge in [-0.1, -0.05) is 6.07 Å². The molecule has 2 rings (SSSR count). The number of ether oxygens (including phenoxy) is 1. The van der Waals surface area contributed by atoms with Crippen molar-refractivity contribution in [1.82, 2.24) is 9.78 Å². The van der Waals surface area contributed by atoms with E-state index in [1.807, 2.05) is 0 Å². The molecule has 1 heterocycles. The van der Waals surface area contributed by atoms with E-state index in [4.69, 9.17) is 10.5 Å². The Hall–Kier alpha value is -2.17. The smallest absolute Gasteiger partial charge is 0.132 e. The highest BCUT2D eigenvalue weighted by Gasteiger charge is 2.14. The van der Waals surface area contributed by atoms with Crippen molar-refractivity contribution in [2.45, 2.75) is 0 Å². The lowest BCUT2D eigenvalue weighted by Crippen LogP contribution is -1.96. The Morgan fingerprint density at radius 1 is 1.44 bits per heavy atom. The van der Waals surface area contributed by atoms with E-state index in [0.29, 0.717) is 22.8 Å². The number of aromatic nitrogens is 2. The second kappa shape index (κ2) is 3.77. The van der Waals surface area contributed by atoms with Crippen LogP contribution in [0, 0.1) is 0 Å². The molecule has 0 atom stereocenters. The molecular formula is C11H13N3O2. The molecule has 84 valence electrons. The lowest BCUT2D eigenvalue weighted by molar-refractivity contribution is 0.410. The normalized spacial score (nSPS) is 10.4. The standard InChI is InChI=1S/C11H13N3O2/c1-14-10(12)6-7(13-14)11-8(15)4-3-5-9(11)16-2/h3-6,15H,12H2,1-2H3. The molecule has 5 heteroatoms. The number of phenolic OH excluding ortho intramolecular Hbond substituents is 1. The van der Waals surface area contributed by atoms with Crippen LogP contribution in [0.2, 0.25) is 0 Å². The molecule has 0 amide bonds. The van der Waals surface area contributed by atoms with Crippen LogP contribution in [0.1, 0.15) is 0 Å². The van der Waals surface area contributed by atoms with Crippen LogP contribution in [-0.2, 0) is 7.05 Å². The van der Waals surface area contributed by atoms with Crippen LogP contribution >= 0.6 is 0 Å². The fourth-order valence-electron chi connectivity index (χ4n) is 1.55. The Morgan fingerprint density at radius 3 is 2.75 bits per heavy atom. The van der Waals surface area contributed by atoms with Gasteiger partial charge in [0.2, 0.25) is 0 Å². The van der Waals surface area contributed by atoms with Crippen molar-refractivity contribution in [3.8, 4) is 22.8 Å². The van der Waals surface area contributed by atoms with E-state index < -0.39 is 0 Å². The minimum absolute atomic E-state index is 0.123. The Balaban J connectivity index is 2.62. The molecule has 1 aromatic carbocycles. The predicted octanol–water partition coefficient (Wildman–Crippen LogP) is 1.38. The topological polar surface area (TPSA) is 73.3 Å². The van der Waals surface area contributed by atoms with Gasteiger partial charge in [0.05, 0.1) is 12.7 Å². The van der Waals surface area contributed by atoms with Crippen LogP contribution in [0.25, 0.3) is 11.3 Å². The van der Waals surface area contributed by atoms with Gasteiger partial charge < -0.3 is 15.6 Å². The molecule has 3 N–H and O–H groups in total. The van der Waals surface area contributed by atoms with Crippen molar-refractivity contribution in [3.63, 3.8) is 0 Å². The van der Waals surface area contributed by atoms with Crippen molar-refractivity contribution < 1.29 is 9.84 Å². The SMILES string of the molecule is COc1cccc(O)c1-c1cc(N)n(C)n1. The van der Waals surface area contributed by atoms with Gasteiger partial charge in [-0.3, -0.25) is 4.68 Å². The molecule has 0 saturated heterocycles. The zero-order chi connectivity index (χ0) is 11.7. The van der Waals surface area contributed by atoms with Gasteiger partial charge in [-0.15, -0.1) is 0 Å². The molecule has 1 aromatic heterocycles. The third kappa shape index (κ3) is 1.56. The number of hydrogen-bond donors (Lipinski definition) is 2. The lowest BCUT2D eigenvalue weighted by Gasteiger charge is -2.07. The highest BCUT2D eigenvalue weighted by Crippen LogP contribution is 2.37. The van der Waals surface area contributed by atoms with Gasteiger partial charge in [0.15, 0.2) is 0 Å². The maximum Gasteiger partial charge on any atom is 0.132 e.